The Morgan fingerprint density at radius 2 is 1.83 bits per heavy atom. The fourth-order valence-corrected chi connectivity index (χ4v) is 4.24. The summed E-state index contributed by atoms with van der Waals surface area (Å²) < 4.78 is 14.3. The molecule has 7 nitrogen and oxygen atoms in total. The number of fused-ring (bicyclic) bond motifs is 1. The Labute approximate surface area is 177 Å². The molecular formula is C21H22FN5O2S. The molecule has 0 bridgehead atoms. The second kappa shape index (κ2) is 8.76. The van der Waals surface area contributed by atoms with Crippen LogP contribution in [0.5, 0.6) is 0 Å². The normalized spacial score (nSPS) is 15.7. The average Bonchev–Trinajstić information content (AvgIpc) is 3.15. The van der Waals surface area contributed by atoms with E-state index in [0.717, 1.165) is 10.2 Å². The monoisotopic (exact) mass is 427 g/mol. The molecule has 2 heterocycles. The molecule has 156 valence electrons. The van der Waals surface area contributed by atoms with Gasteiger partial charge in [-0.05, 0) is 37.3 Å². The van der Waals surface area contributed by atoms with Gasteiger partial charge in [-0.25, -0.2) is 14.2 Å². The van der Waals surface area contributed by atoms with Crippen molar-refractivity contribution in [2.75, 3.05) is 36.8 Å². The van der Waals surface area contributed by atoms with Crippen molar-refractivity contribution in [3.8, 4) is 0 Å². The Hall–Kier alpha value is -3.04. The van der Waals surface area contributed by atoms with Crippen LogP contribution in [0.25, 0.3) is 10.2 Å². The number of piperazine rings is 1. The van der Waals surface area contributed by atoms with Crippen LogP contribution >= 0.6 is 11.3 Å². The molecule has 0 aliphatic carbocycles. The molecule has 30 heavy (non-hydrogen) atoms. The lowest BCUT2D eigenvalue weighted by Gasteiger charge is -2.37. The molecule has 1 fully saturated rings. The number of para-hydroxylation sites is 1. The van der Waals surface area contributed by atoms with Gasteiger partial charge in [-0.1, -0.05) is 29.5 Å². The molecule has 0 spiro atoms. The molecule has 0 saturated carbocycles. The van der Waals surface area contributed by atoms with Crippen LogP contribution in [0.15, 0.2) is 48.5 Å². The number of halogens is 1. The van der Waals surface area contributed by atoms with Gasteiger partial charge >= 0.3 is 6.03 Å². The zero-order chi connectivity index (χ0) is 21.1. The fraction of sp³-hybridized carbons (Fsp3) is 0.286. The largest absolute Gasteiger partial charge is 0.325 e. The van der Waals surface area contributed by atoms with E-state index in [2.05, 4.69) is 15.6 Å². The van der Waals surface area contributed by atoms with Gasteiger partial charge in [-0.3, -0.25) is 15.0 Å². The van der Waals surface area contributed by atoms with E-state index in [1.165, 1.54) is 23.5 Å². The summed E-state index contributed by atoms with van der Waals surface area (Å²) >= 11 is 1.44. The number of carbonyl (C=O) groups is 2. The van der Waals surface area contributed by atoms with Crippen LogP contribution in [-0.4, -0.2) is 58.9 Å². The van der Waals surface area contributed by atoms with Crippen molar-refractivity contribution in [1.29, 1.82) is 0 Å². The molecule has 4 rings (SSSR count). The Morgan fingerprint density at radius 3 is 2.57 bits per heavy atom. The van der Waals surface area contributed by atoms with Crippen LogP contribution < -0.4 is 10.6 Å². The first-order valence-electron chi connectivity index (χ1n) is 9.71. The van der Waals surface area contributed by atoms with E-state index in [0.29, 0.717) is 37.0 Å². The molecule has 1 saturated heterocycles. The van der Waals surface area contributed by atoms with Crippen LogP contribution in [0, 0.1) is 5.82 Å². The van der Waals surface area contributed by atoms with Crippen LogP contribution in [0.2, 0.25) is 0 Å². The lowest BCUT2D eigenvalue weighted by atomic mass is 10.2. The highest BCUT2D eigenvalue weighted by Gasteiger charge is 2.28. The lowest BCUT2D eigenvalue weighted by molar-refractivity contribution is -0.121. The SMILES string of the molecule is CC(C(=O)Nc1cccc(F)c1)N1CCN(C(=O)Nc2nc3ccccc3s2)CC1. The average molecular weight is 428 g/mol. The van der Waals surface area contributed by atoms with Crippen molar-refractivity contribution < 1.29 is 14.0 Å². The van der Waals surface area contributed by atoms with Crippen molar-refractivity contribution >= 4 is 44.3 Å². The number of amides is 3. The van der Waals surface area contributed by atoms with Gasteiger partial charge in [0.05, 0.1) is 16.3 Å². The van der Waals surface area contributed by atoms with Gasteiger partial charge in [-0.15, -0.1) is 0 Å². The zero-order valence-corrected chi connectivity index (χ0v) is 17.3. The van der Waals surface area contributed by atoms with Gasteiger partial charge < -0.3 is 10.2 Å². The van der Waals surface area contributed by atoms with Crippen LogP contribution in [-0.2, 0) is 4.79 Å². The minimum absolute atomic E-state index is 0.189. The number of aromatic nitrogens is 1. The summed E-state index contributed by atoms with van der Waals surface area (Å²) in [6.45, 7) is 3.98. The molecule has 1 unspecified atom stereocenters. The standard InChI is InChI=1S/C21H22FN5O2S/c1-14(19(28)23-16-6-4-5-15(22)13-16)26-9-11-27(12-10-26)21(29)25-20-24-17-7-2-3-8-18(17)30-20/h2-8,13-14H,9-12H2,1H3,(H,23,28)(H,24,25,29). The van der Waals surface area contributed by atoms with Crippen LogP contribution in [0.1, 0.15) is 6.92 Å². The molecule has 1 aliphatic heterocycles. The first-order valence-corrected chi connectivity index (χ1v) is 10.5. The number of nitrogens with one attached hydrogen (secondary N) is 2. The maximum atomic E-state index is 13.3. The van der Waals surface area contributed by atoms with Crippen LogP contribution in [0.4, 0.5) is 20.0 Å². The molecule has 3 aromatic rings. The molecule has 1 atom stereocenters. The van der Waals surface area contributed by atoms with Gasteiger partial charge in [0, 0.05) is 31.9 Å². The fourth-order valence-electron chi connectivity index (χ4n) is 3.39. The molecule has 1 aromatic heterocycles. The first-order chi connectivity index (χ1) is 14.5. The highest BCUT2D eigenvalue weighted by Crippen LogP contribution is 2.25. The predicted octanol–water partition coefficient (Wildman–Crippen LogP) is 3.61. The van der Waals surface area contributed by atoms with E-state index in [-0.39, 0.29) is 18.0 Å². The third-order valence-corrected chi connectivity index (χ3v) is 6.08. The minimum Gasteiger partial charge on any atom is -0.325 e. The molecule has 0 radical (unpaired) electrons. The summed E-state index contributed by atoms with van der Waals surface area (Å²) in [6.07, 6.45) is 0. The van der Waals surface area contributed by atoms with Crippen molar-refractivity contribution in [3.05, 3.63) is 54.3 Å². The van der Waals surface area contributed by atoms with E-state index in [1.54, 1.807) is 17.0 Å². The maximum absolute atomic E-state index is 13.3. The van der Waals surface area contributed by atoms with Gasteiger partial charge in [0.25, 0.3) is 0 Å². The van der Waals surface area contributed by atoms with Crippen LogP contribution in [0.3, 0.4) is 0 Å². The molecule has 1 aliphatic rings. The van der Waals surface area contributed by atoms with E-state index < -0.39 is 5.82 Å². The summed E-state index contributed by atoms with van der Waals surface area (Å²) in [5.41, 5.74) is 1.29. The van der Waals surface area contributed by atoms with Crippen molar-refractivity contribution in [2.24, 2.45) is 0 Å². The van der Waals surface area contributed by atoms with E-state index in [9.17, 15) is 14.0 Å². The summed E-state index contributed by atoms with van der Waals surface area (Å²) in [5, 5.41) is 6.18. The molecule has 2 aromatic carbocycles. The molecule has 3 amide bonds. The van der Waals surface area contributed by atoms with Crippen molar-refractivity contribution in [2.45, 2.75) is 13.0 Å². The zero-order valence-electron chi connectivity index (χ0n) is 16.5. The third kappa shape index (κ3) is 4.58. The summed E-state index contributed by atoms with van der Waals surface area (Å²) in [7, 11) is 0. The van der Waals surface area contributed by atoms with Gasteiger partial charge in [0.2, 0.25) is 5.91 Å². The molecular weight excluding hydrogens is 405 g/mol. The number of rotatable bonds is 4. The Morgan fingerprint density at radius 1 is 1.07 bits per heavy atom. The van der Waals surface area contributed by atoms with Crippen molar-refractivity contribution in [3.63, 3.8) is 0 Å². The first kappa shape index (κ1) is 20.2. The minimum atomic E-state index is -0.395. The molecule has 9 heteroatoms. The summed E-state index contributed by atoms with van der Waals surface area (Å²) in [5.74, 6) is -0.596. The highest BCUT2D eigenvalue weighted by atomic mass is 32.1. The number of hydrogen-bond donors (Lipinski definition) is 2. The second-order valence-electron chi connectivity index (χ2n) is 7.12. The smallest absolute Gasteiger partial charge is 0.323 e. The highest BCUT2D eigenvalue weighted by molar-refractivity contribution is 7.22. The summed E-state index contributed by atoms with van der Waals surface area (Å²) in [4.78, 5) is 33.2. The number of nitrogens with zero attached hydrogens (tertiary/aromatic N) is 3. The van der Waals surface area contributed by atoms with Gasteiger partial charge in [0.1, 0.15) is 5.82 Å². The lowest BCUT2D eigenvalue weighted by Crippen LogP contribution is -2.54. The third-order valence-electron chi connectivity index (χ3n) is 5.13. The Kier molecular flexibility index (Phi) is 5.91. The number of benzene rings is 2. The maximum Gasteiger partial charge on any atom is 0.323 e. The predicted molar refractivity (Wildman–Crippen MR) is 116 cm³/mol. The number of hydrogen-bond acceptors (Lipinski definition) is 5. The number of thiazole rings is 1. The molecule has 2 N–H and O–H groups in total. The van der Waals surface area contributed by atoms with Gasteiger partial charge in [0.15, 0.2) is 5.13 Å². The van der Waals surface area contributed by atoms with Gasteiger partial charge in [-0.2, -0.15) is 0 Å². The number of urea groups is 1. The summed E-state index contributed by atoms with van der Waals surface area (Å²) in [6, 6.07) is 13.0. The topological polar surface area (TPSA) is 77.6 Å². The number of anilines is 2. The van der Waals surface area contributed by atoms with Crippen molar-refractivity contribution in [1.82, 2.24) is 14.8 Å². The quantitative estimate of drug-likeness (QED) is 0.667. The van der Waals surface area contributed by atoms with E-state index >= 15 is 0 Å². The van der Waals surface area contributed by atoms with E-state index in [4.69, 9.17) is 0 Å². The van der Waals surface area contributed by atoms with E-state index in [1.807, 2.05) is 36.1 Å². The second-order valence-corrected chi connectivity index (χ2v) is 8.15. The Bertz CT molecular complexity index is 1030. The Balaban J connectivity index is 1.29. The number of carbonyl (C=O) groups excluding carboxylic acids is 2.